The zero-order valence-electron chi connectivity index (χ0n) is 14.9. The lowest BCUT2D eigenvalue weighted by Crippen LogP contribution is -2.40. The summed E-state index contributed by atoms with van der Waals surface area (Å²) in [7, 11) is 0. The van der Waals surface area contributed by atoms with Gasteiger partial charge in [0.1, 0.15) is 0 Å². The van der Waals surface area contributed by atoms with Gasteiger partial charge >= 0.3 is 0 Å². The first kappa shape index (κ1) is 17.7. The molecule has 27 heavy (non-hydrogen) atoms. The first-order valence-electron chi connectivity index (χ1n) is 9.07. The van der Waals surface area contributed by atoms with Crippen LogP contribution < -0.4 is 0 Å². The lowest BCUT2D eigenvalue weighted by molar-refractivity contribution is -0.129. The van der Waals surface area contributed by atoms with E-state index in [2.05, 4.69) is 32.3 Å². The third-order valence-corrected chi connectivity index (χ3v) is 5.66. The Hall–Kier alpha value is -2.67. The van der Waals surface area contributed by atoms with E-state index < -0.39 is 0 Å². The van der Waals surface area contributed by atoms with Crippen LogP contribution in [0, 0.1) is 0 Å². The number of nitrogens with one attached hydrogen (secondary N) is 1. The molecule has 0 radical (unpaired) electrons. The van der Waals surface area contributed by atoms with Crippen molar-refractivity contribution < 1.29 is 4.79 Å². The number of aromatic nitrogens is 4. The van der Waals surface area contributed by atoms with Crippen molar-refractivity contribution in [1.82, 2.24) is 25.1 Å². The van der Waals surface area contributed by atoms with Gasteiger partial charge in [0.05, 0.1) is 11.9 Å². The number of likely N-dealkylation sites (tertiary alicyclic amines) is 1. The summed E-state index contributed by atoms with van der Waals surface area (Å²) in [5.74, 6) is 0.780. The van der Waals surface area contributed by atoms with Crippen LogP contribution in [0.1, 0.15) is 24.5 Å². The van der Waals surface area contributed by atoms with Gasteiger partial charge in [-0.25, -0.2) is 9.97 Å². The number of carbonyl (C=O) groups excluding carboxylic acids is 1. The second-order valence-corrected chi connectivity index (χ2v) is 7.50. The van der Waals surface area contributed by atoms with Gasteiger partial charge in [-0.15, -0.1) is 0 Å². The van der Waals surface area contributed by atoms with E-state index in [0.717, 1.165) is 42.8 Å². The SMILES string of the molecule is O=C(CSc1ncccn1)N1CCCC(c2[nH]ncc2-c2ccccc2)C1. The number of amides is 1. The van der Waals surface area contributed by atoms with Crippen LogP contribution in [0.2, 0.25) is 0 Å². The van der Waals surface area contributed by atoms with Crippen LogP contribution in [0.4, 0.5) is 0 Å². The molecule has 1 aliphatic rings. The predicted molar refractivity (Wildman–Crippen MR) is 105 cm³/mol. The minimum absolute atomic E-state index is 0.137. The molecule has 1 unspecified atom stereocenters. The molecule has 1 atom stereocenters. The highest BCUT2D eigenvalue weighted by Crippen LogP contribution is 2.33. The topological polar surface area (TPSA) is 74.8 Å². The highest BCUT2D eigenvalue weighted by atomic mass is 32.2. The van der Waals surface area contributed by atoms with Gasteiger partial charge in [-0.2, -0.15) is 5.10 Å². The maximum atomic E-state index is 12.7. The van der Waals surface area contributed by atoms with Crippen LogP contribution in [-0.2, 0) is 4.79 Å². The molecular formula is C20H21N5OS. The van der Waals surface area contributed by atoms with Gasteiger partial charge in [0.2, 0.25) is 5.91 Å². The molecule has 6 nitrogen and oxygen atoms in total. The van der Waals surface area contributed by atoms with Gasteiger partial charge in [0.25, 0.3) is 0 Å². The number of benzene rings is 1. The van der Waals surface area contributed by atoms with Crippen molar-refractivity contribution in [3.63, 3.8) is 0 Å². The molecular weight excluding hydrogens is 358 g/mol. The highest BCUT2D eigenvalue weighted by Gasteiger charge is 2.27. The number of hydrogen-bond donors (Lipinski definition) is 1. The van der Waals surface area contributed by atoms with Crippen LogP contribution in [0.3, 0.4) is 0 Å². The van der Waals surface area contributed by atoms with Crippen LogP contribution in [0.25, 0.3) is 11.1 Å². The van der Waals surface area contributed by atoms with Crippen molar-refractivity contribution in [3.05, 3.63) is 60.7 Å². The van der Waals surface area contributed by atoms with E-state index in [1.165, 1.54) is 11.8 Å². The molecule has 3 aromatic rings. The van der Waals surface area contributed by atoms with Crippen molar-refractivity contribution in [3.8, 4) is 11.1 Å². The van der Waals surface area contributed by atoms with E-state index in [4.69, 9.17) is 0 Å². The van der Waals surface area contributed by atoms with Crippen molar-refractivity contribution in [2.24, 2.45) is 0 Å². The number of rotatable bonds is 5. The molecule has 4 rings (SSSR count). The van der Waals surface area contributed by atoms with E-state index in [1.807, 2.05) is 29.3 Å². The minimum atomic E-state index is 0.137. The Labute approximate surface area is 162 Å². The van der Waals surface area contributed by atoms with E-state index >= 15 is 0 Å². The van der Waals surface area contributed by atoms with Crippen LogP contribution in [-0.4, -0.2) is 49.8 Å². The Bertz CT molecular complexity index is 884. The third-order valence-electron chi connectivity index (χ3n) is 4.80. The van der Waals surface area contributed by atoms with Gasteiger partial charge in [-0.3, -0.25) is 9.89 Å². The second kappa shape index (κ2) is 8.35. The largest absolute Gasteiger partial charge is 0.341 e. The Morgan fingerprint density at radius 1 is 1.19 bits per heavy atom. The molecule has 3 heterocycles. The molecule has 1 amide bonds. The zero-order chi connectivity index (χ0) is 18.5. The molecule has 1 aromatic carbocycles. The first-order chi connectivity index (χ1) is 13.3. The lowest BCUT2D eigenvalue weighted by Gasteiger charge is -2.32. The minimum Gasteiger partial charge on any atom is -0.341 e. The van der Waals surface area contributed by atoms with Crippen molar-refractivity contribution in [2.75, 3.05) is 18.8 Å². The number of hydrogen-bond acceptors (Lipinski definition) is 5. The molecule has 2 aromatic heterocycles. The van der Waals surface area contributed by atoms with E-state index in [9.17, 15) is 4.79 Å². The molecule has 0 saturated carbocycles. The Kier molecular flexibility index (Phi) is 5.48. The van der Waals surface area contributed by atoms with Crippen molar-refractivity contribution in [2.45, 2.75) is 23.9 Å². The molecule has 1 saturated heterocycles. The van der Waals surface area contributed by atoms with Crippen LogP contribution in [0.15, 0.2) is 60.1 Å². The van der Waals surface area contributed by atoms with Crippen LogP contribution >= 0.6 is 11.8 Å². The van der Waals surface area contributed by atoms with Gasteiger partial charge in [0.15, 0.2) is 5.16 Å². The maximum absolute atomic E-state index is 12.7. The summed E-state index contributed by atoms with van der Waals surface area (Å²) in [6.07, 6.45) is 7.32. The zero-order valence-corrected chi connectivity index (χ0v) is 15.7. The number of aromatic amines is 1. The van der Waals surface area contributed by atoms with E-state index in [-0.39, 0.29) is 11.8 Å². The Balaban J connectivity index is 1.43. The number of carbonyl (C=O) groups is 1. The van der Waals surface area contributed by atoms with Gasteiger partial charge in [-0.05, 0) is 24.5 Å². The summed E-state index contributed by atoms with van der Waals surface area (Å²) >= 11 is 1.39. The summed E-state index contributed by atoms with van der Waals surface area (Å²) in [6, 6.07) is 12.0. The standard InChI is InChI=1S/C20H21N5OS/c26-18(14-27-20-21-9-5-10-22-20)25-11-4-8-16(13-25)19-17(12-23-24-19)15-6-2-1-3-7-15/h1-3,5-7,9-10,12,16H,4,8,11,13-14H2,(H,23,24). The summed E-state index contributed by atoms with van der Waals surface area (Å²) in [4.78, 5) is 23.0. The Morgan fingerprint density at radius 2 is 2.00 bits per heavy atom. The molecule has 0 aliphatic carbocycles. The maximum Gasteiger partial charge on any atom is 0.233 e. The van der Waals surface area contributed by atoms with Crippen molar-refractivity contribution >= 4 is 17.7 Å². The predicted octanol–water partition coefficient (Wildman–Crippen LogP) is 3.37. The summed E-state index contributed by atoms with van der Waals surface area (Å²) in [6.45, 7) is 1.53. The fourth-order valence-electron chi connectivity index (χ4n) is 3.47. The van der Waals surface area contributed by atoms with E-state index in [0.29, 0.717) is 10.9 Å². The van der Waals surface area contributed by atoms with E-state index in [1.54, 1.807) is 18.5 Å². The smallest absolute Gasteiger partial charge is 0.233 e. The number of thioether (sulfide) groups is 1. The third kappa shape index (κ3) is 4.19. The quantitative estimate of drug-likeness (QED) is 0.543. The average Bonchev–Trinajstić information content (AvgIpc) is 3.23. The lowest BCUT2D eigenvalue weighted by atomic mass is 9.90. The molecule has 1 N–H and O–H groups in total. The van der Waals surface area contributed by atoms with Crippen molar-refractivity contribution in [1.29, 1.82) is 0 Å². The monoisotopic (exact) mass is 379 g/mol. The van der Waals surface area contributed by atoms with Gasteiger partial charge in [-0.1, -0.05) is 42.1 Å². The number of H-pyrrole nitrogens is 1. The molecule has 1 fully saturated rings. The molecule has 7 heteroatoms. The molecule has 0 bridgehead atoms. The number of nitrogens with zero attached hydrogens (tertiary/aromatic N) is 4. The molecule has 1 aliphatic heterocycles. The first-order valence-corrected chi connectivity index (χ1v) is 10.1. The van der Waals surface area contributed by atoms with Gasteiger partial charge in [0, 0.05) is 42.7 Å². The molecule has 0 spiro atoms. The fourth-order valence-corrected chi connectivity index (χ4v) is 4.18. The highest BCUT2D eigenvalue weighted by molar-refractivity contribution is 7.99. The second-order valence-electron chi connectivity index (χ2n) is 6.56. The summed E-state index contributed by atoms with van der Waals surface area (Å²) in [5.41, 5.74) is 3.40. The number of piperidine rings is 1. The van der Waals surface area contributed by atoms with Gasteiger partial charge < -0.3 is 4.90 Å². The summed E-state index contributed by atoms with van der Waals surface area (Å²) < 4.78 is 0. The van der Waals surface area contributed by atoms with Crippen LogP contribution in [0.5, 0.6) is 0 Å². The average molecular weight is 379 g/mol. The summed E-state index contributed by atoms with van der Waals surface area (Å²) in [5, 5.41) is 8.09. The fraction of sp³-hybridized carbons (Fsp3) is 0.300. The molecule has 138 valence electrons. The normalized spacial score (nSPS) is 17.0. The Morgan fingerprint density at radius 3 is 2.81 bits per heavy atom.